The molecule has 5 atom stereocenters. The van der Waals surface area contributed by atoms with Crippen molar-refractivity contribution in [2.45, 2.75) is 50.2 Å². The number of piperidine rings is 2. The monoisotopic (exact) mass is 196 g/mol. The third kappa shape index (κ3) is 0.980. The van der Waals surface area contributed by atoms with Crippen molar-refractivity contribution in [3.63, 3.8) is 0 Å². The molecule has 4 fully saturated rings. The van der Waals surface area contributed by atoms with Crippen molar-refractivity contribution < 1.29 is 5.21 Å². The molecule has 2 aliphatic carbocycles. The normalized spacial score (nSPS) is 56.8. The molecule has 0 spiro atoms. The molecular weight excluding hydrogens is 176 g/mol. The van der Waals surface area contributed by atoms with Gasteiger partial charge in [0.25, 0.3) is 0 Å². The summed E-state index contributed by atoms with van der Waals surface area (Å²) in [5.74, 6) is 1.59. The third-order valence-corrected chi connectivity index (χ3v) is 4.80. The average molecular weight is 196 g/mol. The molecule has 4 unspecified atom stereocenters. The molecule has 3 nitrogen and oxygen atoms in total. The van der Waals surface area contributed by atoms with Crippen molar-refractivity contribution in [1.29, 1.82) is 0 Å². The smallest absolute Gasteiger partial charge is 0.0442 e. The molecule has 4 aliphatic rings. The van der Waals surface area contributed by atoms with Crippen LogP contribution in [0.1, 0.15) is 32.6 Å². The summed E-state index contributed by atoms with van der Waals surface area (Å²) in [6.45, 7) is 2.23. The first-order valence-electron chi connectivity index (χ1n) is 5.79. The summed E-state index contributed by atoms with van der Waals surface area (Å²) in [5, 5.41) is 15.2. The summed E-state index contributed by atoms with van der Waals surface area (Å²) >= 11 is 0. The Kier molecular flexibility index (Phi) is 1.77. The zero-order valence-electron chi connectivity index (χ0n) is 9.03. The SMILES string of the molecule is CNC1C2CC3C[C@@H]1CC(C)(C2)N3O. The van der Waals surface area contributed by atoms with Crippen molar-refractivity contribution in [3.8, 4) is 0 Å². The second-order valence-electron chi connectivity index (χ2n) is 5.71. The summed E-state index contributed by atoms with van der Waals surface area (Å²) in [6.07, 6.45) is 4.71. The molecule has 14 heavy (non-hydrogen) atoms. The Morgan fingerprint density at radius 1 is 1.29 bits per heavy atom. The Bertz CT molecular complexity index is 240. The zero-order chi connectivity index (χ0) is 9.92. The highest BCUT2D eigenvalue weighted by atomic mass is 16.5. The molecule has 80 valence electrons. The van der Waals surface area contributed by atoms with Gasteiger partial charge in [-0.15, -0.1) is 0 Å². The molecule has 2 aliphatic heterocycles. The van der Waals surface area contributed by atoms with Crippen LogP contribution in [0, 0.1) is 11.8 Å². The number of rotatable bonds is 1. The first-order chi connectivity index (χ1) is 6.64. The topological polar surface area (TPSA) is 35.5 Å². The van der Waals surface area contributed by atoms with E-state index in [1.165, 1.54) is 25.7 Å². The molecule has 2 saturated carbocycles. The van der Waals surface area contributed by atoms with Gasteiger partial charge in [0, 0.05) is 17.6 Å². The molecule has 0 aromatic carbocycles. The van der Waals surface area contributed by atoms with Crippen LogP contribution in [0.15, 0.2) is 0 Å². The quantitative estimate of drug-likeness (QED) is 0.662. The van der Waals surface area contributed by atoms with Gasteiger partial charge in [-0.25, -0.2) is 0 Å². The summed E-state index contributed by atoms with van der Waals surface area (Å²) in [4.78, 5) is 0. The predicted octanol–water partition coefficient (Wildman–Crippen LogP) is 1.23. The molecule has 4 bridgehead atoms. The number of nitrogens with one attached hydrogen (secondary N) is 1. The minimum atomic E-state index is 0.0872. The standard InChI is InChI=1S/C11H20N2O/c1-11-5-7-3-9(13(11)14)4-8(6-11)10(7)12-2/h7-10,12,14H,3-6H2,1-2H3/t7-,8?,9?,10?,11?/m1/s1. The lowest BCUT2D eigenvalue weighted by Crippen LogP contribution is -2.69. The molecule has 0 aromatic rings. The van der Waals surface area contributed by atoms with E-state index in [-0.39, 0.29) is 5.54 Å². The van der Waals surface area contributed by atoms with E-state index in [1.807, 2.05) is 0 Å². The maximum absolute atomic E-state index is 10.1. The van der Waals surface area contributed by atoms with E-state index >= 15 is 0 Å². The van der Waals surface area contributed by atoms with Gasteiger partial charge in [-0.05, 0) is 51.5 Å². The Labute approximate surface area is 85.4 Å². The van der Waals surface area contributed by atoms with Crippen LogP contribution in [0.25, 0.3) is 0 Å². The zero-order valence-corrected chi connectivity index (χ0v) is 9.03. The van der Waals surface area contributed by atoms with Crippen molar-refractivity contribution >= 4 is 0 Å². The summed E-state index contributed by atoms with van der Waals surface area (Å²) in [6, 6.07) is 1.16. The predicted molar refractivity (Wildman–Crippen MR) is 54.1 cm³/mol. The highest BCUT2D eigenvalue weighted by Crippen LogP contribution is 2.53. The summed E-state index contributed by atoms with van der Waals surface area (Å²) in [5.41, 5.74) is 0.0872. The third-order valence-electron chi connectivity index (χ3n) is 4.80. The first-order valence-corrected chi connectivity index (χ1v) is 5.79. The lowest BCUT2D eigenvalue weighted by Gasteiger charge is -2.62. The van der Waals surface area contributed by atoms with Crippen LogP contribution >= 0.6 is 0 Å². The molecular formula is C11H20N2O. The molecule has 2 N–H and O–H groups in total. The van der Waals surface area contributed by atoms with Crippen molar-refractivity contribution in [1.82, 2.24) is 10.4 Å². The van der Waals surface area contributed by atoms with Crippen LogP contribution in [0.4, 0.5) is 0 Å². The molecule has 0 amide bonds. The maximum atomic E-state index is 10.1. The molecule has 0 radical (unpaired) electrons. The van der Waals surface area contributed by atoms with Crippen LogP contribution in [0.3, 0.4) is 0 Å². The molecule has 2 heterocycles. The summed E-state index contributed by atoms with van der Waals surface area (Å²) in [7, 11) is 2.09. The average Bonchev–Trinajstić information content (AvgIpc) is 2.12. The second-order valence-corrected chi connectivity index (χ2v) is 5.71. The number of hydrogen-bond donors (Lipinski definition) is 2. The number of hydrogen-bond acceptors (Lipinski definition) is 3. The van der Waals surface area contributed by atoms with E-state index in [2.05, 4.69) is 19.3 Å². The molecule has 0 aromatic heterocycles. The highest BCUT2D eigenvalue weighted by molar-refractivity contribution is 5.10. The fraction of sp³-hybridized carbons (Fsp3) is 1.00. The molecule has 4 rings (SSSR count). The van der Waals surface area contributed by atoms with Crippen LogP contribution in [-0.4, -0.2) is 34.9 Å². The van der Waals surface area contributed by atoms with Crippen molar-refractivity contribution in [2.75, 3.05) is 7.05 Å². The molecule has 3 heteroatoms. The molecule has 2 saturated heterocycles. The fourth-order valence-corrected chi connectivity index (χ4v) is 4.41. The van der Waals surface area contributed by atoms with Gasteiger partial charge in [0.2, 0.25) is 0 Å². The van der Waals surface area contributed by atoms with Crippen LogP contribution in [0.5, 0.6) is 0 Å². The minimum Gasteiger partial charge on any atom is -0.316 e. The largest absolute Gasteiger partial charge is 0.316 e. The van der Waals surface area contributed by atoms with E-state index in [0.29, 0.717) is 12.1 Å². The highest BCUT2D eigenvalue weighted by Gasteiger charge is 2.56. The number of hydroxylamine groups is 2. The van der Waals surface area contributed by atoms with E-state index in [4.69, 9.17) is 0 Å². The lowest BCUT2D eigenvalue weighted by atomic mass is 9.57. The Balaban J connectivity index is 1.92. The van der Waals surface area contributed by atoms with E-state index in [1.54, 1.807) is 5.06 Å². The van der Waals surface area contributed by atoms with Gasteiger partial charge in [-0.1, -0.05) is 0 Å². The first kappa shape index (κ1) is 9.13. The van der Waals surface area contributed by atoms with Crippen LogP contribution < -0.4 is 5.32 Å². The number of nitrogens with zero attached hydrogens (tertiary/aromatic N) is 1. The van der Waals surface area contributed by atoms with Crippen LogP contribution in [0.2, 0.25) is 0 Å². The van der Waals surface area contributed by atoms with E-state index in [9.17, 15) is 5.21 Å². The van der Waals surface area contributed by atoms with Crippen molar-refractivity contribution in [2.24, 2.45) is 11.8 Å². The van der Waals surface area contributed by atoms with Gasteiger partial charge in [0.05, 0.1) is 0 Å². The van der Waals surface area contributed by atoms with E-state index < -0.39 is 0 Å². The Morgan fingerprint density at radius 3 is 2.29 bits per heavy atom. The van der Waals surface area contributed by atoms with Gasteiger partial charge in [-0.2, -0.15) is 5.06 Å². The summed E-state index contributed by atoms with van der Waals surface area (Å²) < 4.78 is 0. The van der Waals surface area contributed by atoms with Gasteiger partial charge < -0.3 is 10.5 Å². The van der Waals surface area contributed by atoms with Crippen LogP contribution in [-0.2, 0) is 0 Å². The van der Waals surface area contributed by atoms with Gasteiger partial charge >= 0.3 is 0 Å². The van der Waals surface area contributed by atoms with Crippen molar-refractivity contribution in [3.05, 3.63) is 0 Å². The second kappa shape index (κ2) is 2.71. The van der Waals surface area contributed by atoms with Gasteiger partial charge in [0.1, 0.15) is 0 Å². The maximum Gasteiger partial charge on any atom is 0.0442 e. The minimum absolute atomic E-state index is 0.0872. The Hall–Kier alpha value is -0.120. The van der Waals surface area contributed by atoms with E-state index in [0.717, 1.165) is 11.8 Å². The lowest BCUT2D eigenvalue weighted by molar-refractivity contribution is -0.274. The van der Waals surface area contributed by atoms with Gasteiger partial charge in [0.15, 0.2) is 0 Å². The van der Waals surface area contributed by atoms with Gasteiger partial charge in [-0.3, -0.25) is 0 Å². The Morgan fingerprint density at radius 2 is 1.86 bits per heavy atom. The fourth-order valence-electron chi connectivity index (χ4n) is 4.41.